The van der Waals surface area contributed by atoms with E-state index in [4.69, 9.17) is 11.6 Å². The quantitative estimate of drug-likeness (QED) is 0.884. The Morgan fingerprint density at radius 1 is 1.26 bits per heavy atom. The Morgan fingerprint density at radius 2 is 1.89 bits per heavy atom. The summed E-state index contributed by atoms with van der Waals surface area (Å²) in [7, 11) is -3.95. The van der Waals surface area contributed by atoms with Crippen molar-refractivity contribution < 1.29 is 12.8 Å². The van der Waals surface area contributed by atoms with Crippen LogP contribution in [0, 0.1) is 12.7 Å². The van der Waals surface area contributed by atoms with Gasteiger partial charge in [0.15, 0.2) is 0 Å². The number of aromatic nitrogens is 2. The number of para-hydroxylation sites is 1. The number of hydrogen-bond donors (Lipinski definition) is 1. The Morgan fingerprint density at radius 3 is 2.47 bits per heavy atom. The fourth-order valence-electron chi connectivity index (χ4n) is 1.39. The van der Waals surface area contributed by atoms with Crippen molar-refractivity contribution in [2.75, 3.05) is 4.72 Å². The van der Waals surface area contributed by atoms with Crippen LogP contribution in [0.4, 0.5) is 10.1 Å². The number of hydrogen-bond acceptors (Lipinski definition) is 4. The zero-order valence-corrected chi connectivity index (χ0v) is 11.3. The lowest BCUT2D eigenvalue weighted by molar-refractivity contribution is 0.597. The minimum Gasteiger partial charge on any atom is -0.276 e. The molecule has 2 aromatic rings. The lowest BCUT2D eigenvalue weighted by atomic mass is 10.2. The van der Waals surface area contributed by atoms with E-state index in [1.54, 1.807) is 13.0 Å². The van der Waals surface area contributed by atoms with Gasteiger partial charge in [-0.25, -0.2) is 22.8 Å². The molecule has 0 saturated heterocycles. The Kier molecular flexibility index (Phi) is 3.68. The van der Waals surface area contributed by atoms with E-state index < -0.39 is 15.8 Å². The predicted molar refractivity (Wildman–Crippen MR) is 69.0 cm³/mol. The Labute approximate surface area is 114 Å². The fraction of sp³-hybridized carbons (Fsp3) is 0.0909. The molecular formula is C11H9ClFN3O2S. The summed E-state index contributed by atoms with van der Waals surface area (Å²) in [5.41, 5.74) is 0.371. The van der Waals surface area contributed by atoms with Gasteiger partial charge in [-0.05, 0) is 30.2 Å². The molecule has 0 saturated carbocycles. The van der Waals surface area contributed by atoms with Crippen LogP contribution in [-0.4, -0.2) is 18.4 Å². The highest BCUT2D eigenvalue weighted by Gasteiger charge is 2.18. The standard InChI is InChI=1S/C11H9ClFN3O2S/c1-7-3-2-4-9(13)10(7)16-19(17,18)8-5-14-11(12)15-6-8/h2-6,16H,1H3. The zero-order chi connectivity index (χ0) is 14.0. The zero-order valence-electron chi connectivity index (χ0n) is 9.76. The SMILES string of the molecule is Cc1cccc(F)c1NS(=O)(=O)c1cnc(Cl)nc1. The van der Waals surface area contributed by atoms with Crippen LogP contribution in [0.25, 0.3) is 0 Å². The molecule has 0 radical (unpaired) electrons. The molecule has 0 unspecified atom stereocenters. The molecule has 100 valence electrons. The van der Waals surface area contributed by atoms with Crippen LogP contribution in [0.2, 0.25) is 5.28 Å². The third-order valence-electron chi connectivity index (χ3n) is 2.37. The number of rotatable bonds is 3. The first-order chi connectivity index (χ1) is 8.90. The van der Waals surface area contributed by atoms with Crippen molar-refractivity contribution in [3.63, 3.8) is 0 Å². The van der Waals surface area contributed by atoms with Crippen molar-refractivity contribution in [1.29, 1.82) is 0 Å². The largest absolute Gasteiger partial charge is 0.276 e. The molecule has 19 heavy (non-hydrogen) atoms. The summed E-state index contributed by atoms with van der Waals surface area (Å²) in [6, 6.07) is 4.26. The summed E-state index contributed by atoms with van der Waals surface area (Å²) in [6.07, 6.45) is 2.10. The van der Waals surface area contributed by atoms with Gasteiger partial charge in [-0.2, -0.15) is 0 Å². The van der Waals surface area contributed by atoms with Crippen molar-refractivity contribution in [1.82, 2.24) is 9.97 Å². The second-order valence-electron chi connectivity index (χ2n) is 3.73. The van der Waals surface area contributed by atoms with Gasteiger partial charge in [-0.3, -0.25) is 4.72 Å². The van der Waals surface area contributed by atoms with E-state index in [-0.39, 0.29) is 15.9 Å². The Bertz CT molecular complexity index is 684. The number of nitrogens with one attached hydrogen (secondary N) is 1. The van der Waals surface area contributed by atoms with E-state index in [0.29, 0.717) is 5.56 Å². The molecule has 1 N–H and O–H groups in total. The molecule has 0 aliphatic carbocycles. The smallest absolute Gasteiger partial charge is 0.265 e. The van der Waals surface area contributed by atoms with Crippen LogP contribution in [0.3, 0.4) is 0 Å². The predicted octanol–water partition coefficient (Wildman–Crippen LogP) is 2.38. The number of anilines is 1. The molecular weight excluding hydrogens is 293 g/mol. The first kappa shape index (κ1) is 13.7. The highest BCUT2D eigenvalue weighted by molar-refractivity contribution is 7.92. The summed E-state index contributed by atoms with van der Waals surface area (Å²) in [5, 5.41) is -0.0685. The maximum Gasteiger partial charge on any atom is 0.265 e. The first-order valence-electron chi connectivity index (χ1n) is 5.15. The van der Waals surface area contributed by atoms with Crippen LogP contribution < -0.4 is 4.72 Å². The highest BCUT2D eigenvalue weighted by Crippen LogP contribution is 2.22. The lowest BCUT2D eigenvalue weighted by Crippen LogP contribution is -2.15. The average molecular weight is 302 g/mol. The Balaban J connectivity index is 2.39. The van der Waals surface area contributed by atoms with Gasteiger partial charge in [0.05, 0.1) is 18.1 Å². The molecule has 0 spiro atoms. The van der Waals surface area contributed by atoms with Gasteiger partial charge in [0, 0.05) is 0 Å². The molecule has 0 amide bonds. The highest BCUT2D eigenvalue weighted by atomic mass is 35.5. The van der Waals surface area contributed by atoms with E-state index in [1.807, 2.05) is 0 Å². The van der Waals surface area contributed by atoms with E-state index in [2.05, 4.69) is 14.7 Å². The van der Waals surface area contributed by atoms with Gasteiger partial charge < -0.3 is 0 Å². The molecule has 1 aromatic heterocycles. The van der Waals surface area contributed by atoms with Gasteiger partial charge in [-0.15, -0.1) is 0 Å². The molecule has 8 heteroatoms. The minimum atomic E-state index is -3.95. The minimum absolute atomic E-state index is 0.0685. The summed E-state index contributed by atoms with van der Waals surface area (Å²) in [4.78, 5) is 6.95. The Hall–Kier alpha value is -1.73. The summed E-state index contributed by atoms with van der Waals surface area (Å²) < 4.78 is 39.8. The molecule has 0 aliphatic heterocycles. The molecule has 1 heterocycles. The number of sulfonamides is 1. The third kappa shape index (κ3) is 2.99. The number of aryl methyl sites for hydroxylation is 1. The van der Waals surface area contributed by atoms with E-state index in [0.717, 1.165) is 12.4 Å². The molecule has 0 bridgehead atoms. The maximum atomic E-state index is 13.6. The second-order valence-corrected chi connectivity index (χ2v) is 5.75. The molecule has 5 nitrogen and oxygen atoms in total. The maximum absolute atomic E-state index is 13.6. The van der Waals surface area contributed by atoms with Gasteiger partial charge in [0.2, 0.25) is 5.28 Å². The van der Waals surface area contributed by atoms with E-state index in [1.165, 1.54) is 12.1 Å². The molecule has 0 atom stereocenters. The number of benzene rings is 1. The average Bonchev–Trinajstić information content (AvgIpc) is 2.35. The molecule has 0 aliphatic rings. The van der Waals surface area contributed by atoms with Gasteiger partial charge >= 0.3 is 0 Å². The summed E-state index contributed by atoms with van der Waals surface area (Å²) >= 11 is 5.47. The normalized spacial score (nSPS) is 11.3. The van der Waals surface area contributed by atoms with Crippen molar-refractivity contribution in [3.05, 3.63) is 47.3 Å². The van der Waals surface area contributed by atoms with Crippen molar-refractivity contribution in [2.24, 2.45) is 0 Å². The van der Waals surface area contributed by atoms with Gasteiger partial charge in [-0.1, -0.05) is 12.1 Å². The second kappa shape index (κ2) is 5.10. The lowest BCUT2D eigenvalue weighted by Gasteiger charge is -2.10. The van der Waals surface area contributed by atoms with Crippen LogP contribution in [0.1, 0.15) is 5.56 Å². The first-order valence-corrected chi connectivity index (χ1v) is 7.02. The monoisotopic (exact) mass is 301 g/mol. The van der Waals surface area contributed by atoms with Gasteiger partial charge in [0.25, 0.3) is 10.0 Å². The molecule has 2 rings (SSSR count). The van der Waals surface area contributed by atoms with Crippen molar-refractivity contribution >= 4 is 27.3 Å². The molecule has 0 fully saturated rings. The summed E-state index contributed by atoms with van der Waals surface area (Å²) in [5.74, 6) is -0.654. The van der Waals surface area contributed by atoms with Crippen LogP contribution >= 0.6 is 11.6 Å². The van der Waals surface area contributed by atoms with E-state index in [9.17, 15) is 12.8 Å². The van der Waals surface area contributed by atoms with E-state index >= 15 is 0 Å². The fourth-order valence-corrected chi connectivity index (χ4v) is 2.52. The van der Waals surface area contributed by atoms with Crippen LogP contribution in [0.5, 0.6) is 0 Å². The third-order valence-corrected chi connectivity index (χ3v) is 3.86. The topological polar surface area (TPSA) is 72.0 Å². The van der Waals surface area contributed by atoms with Crippen LogP contribution in [0.15, 0.2) is 35.5 Å². The number of halogens is 2. The van der Waals surface area contributed by atoms with Crippen LogP contribution in [-0.2, 0) is 10.0 Å². The summed E-state index contributed by atoms with van der Waals surface area (Å²) in [6.45, 7) is 1.60. The number of nitrogens with zero attached hydrogens (tertiary/aromatic N) is 2. The van der Waals surface area contributed by atoms with Crippen molar-refractivity contribution in [2.45, 2.75) is 11.8 Å². The van der Waals surface area contributed by atoms with Gasteiger partial charge in [0.1, 0.15) is 10.7 Å². The molecule has 1 aromatic carbocycles. The van der Waals surface area contributed by atoms with Crippen molar-refractivity contribution in [3.8, 4) is 0 Å².